The van der Waals surface area contributed by atoms with E-state index in [1.54, 1.807) is 0 Å². The molecule has 0 aromatic rings. The number of rotatable bonds is 1. The SMILES string of the molecule is CC(C)N1C[C@H]2COC[C@@H]1C2. The van der Waals surface area contributed by atoms with Gasteiger partial charge in [0.1, 0.15) is 0 Å². The van der Waals surface area contributed by atoms with Gasteiger partial charge in [-0.25, -0.2) is 0 Å². The Morgan fingerprint density at radius 3 is 2.82 bits per heavy atom. The molecule has 2 heterocycles. The molecule has 0 spiro atoms. The van der Waals surface area contributed by atoms with Gasteiger partial charge >= 0.3 is 0 Å². The number of hydrogen-bond donors (Lipinski definition) is 0. The van der Waals surface area contributed by atoms with E-state index in [1.807, 2.05) is 0 Å². The van der Waals surface area contributed by atoms with Crippen molar-refractivity contribution in [1.29, 1.82) is 0 Å². The molecule has 64 valence electrons. The summed E-state index contributed by atoms with van der Waals surface area (Å²) in [5.74, 6) is 0.830. The first-order valence-electron chi connectivity index (χ1n) is 4.61. The van der Waals surface area contributed by atoms with Gasteiger partial charge in [-0.15, -0.1) is 0 Å². The van der Waals surface area contributed by atoms with Gasteiger partial charge in [-0.05, 0) is 26.2 Å². The molecule has 0 aromatic heterocycles. The fourth-order valence-electron chi connectivity index (χ4n) is 2.33. The van der Waals surface area contributed by atoms with Crippen molar-refractivity contribution in [3.8, 4) is 0 Å². The molecular weight excluding hydrogens is 138 g/mol. The summed E-state index contributed by atoms with van der Waals surface area (Å²) >= 11 is 0. The second kappa shape index (κ2) is 2.76. The molecule has 0 unspecified atom stereocenters. The van der Waals surface area contributed by atoms with Crippen LogP contribution in [0.15, 0.2) is 0 Å². The van der Waals surface area contributed by atoms with Crippen molar-refractivity contribution < 1.29 is 4.74 Å². The Morgan fingerprint density at radius 2 is 2.18 bits per heavy atom. The molecule has 0 saturated carbocycles. The molecule has 2 bridgehead atoms. The quantitative estimate of drug-likeness (QED) is 0.562. The maximum atomic E-state index is 5.50. The summed E-state index contributed by atoms with van der Waals surface area (Å²) in [6.07, 6.45) is 1.37. The minimum atomic E-state index is 0.701. The molecule has 0 N–H and O–H groups in total. The molecule has 2 fully saturated rings. The Labute approximate surface area is 68.5 Å². The zero-order valence-electron chi connectivity index (χ0n) is 7.42. The molecule has 2 atom stereocenters. The monoisotopic (exact) mass is 155 g/mol. The van der Waals surface area contributed by atoms with Crippen molar-refractivity contribution in [2.75, 3.05) is 19.8 Å². The van der Waals surface area contributed by atoms with Crippen LogP contribution in [0.2, 0.25) is 0 Å². The maximum Gasteiger partial charge on any atom is 0.0622 e. The molecular formula is C9H17NO. The Bertz CT molecular complexity index is 146. The van der Waals surface area contributed by atoms with E-state index in [-0.39, 0.29) is 0 Å². The molecule has 2 rings (SSSR count). The van der Waals surface area contributed by atoms with E-state index < -0.39 is 0 Å². The van der Waals surface area contributed by atoms with E-state index in [9.17, 15) is 0 Å². The van der Waals surface area contributed by atoms with Gasteiger partial charge in [-0.2, -0.15) is 0 Å². The summed E-state index contributed by atoms with van der Waals surface area (Å²) in [6, 6.07) is 1.43. The number of likely N-dealkylation sites (tertiary alicyclic amines) is 1. The maximum absolute atomic E-state index is 5.50. The molecule has 2 heteroatoms. The summed E-state index contributed by atoms with van der Waals surface area (Å²) in [6.45, 7) is 7.79. The van der Waals surface area contributed by atoms with Crippen molar-refractivity contribution in [3.63, 3.8) is 0 Å². The third-order valence-electron chi connectivity index (χ3n) is 2.87. The highest BCUT2D eigenvalue weighted by Gasteiger charge is 2.36. The number of fused-ring (bicyclic) bond motifs is 2. The summed E-state index contributed by atoms with van der Waals surface area (Å²) in [5.41, 5.74) is 0. The third kappa shape index (κ3) is 1.30. The summed E-state index contributed by atoms with van der Waals surface area (Å²) in [4.78, 5) is 2.58. The van der Waals surface area contributed by atoms with Crippen LogP contribution < -0.4 is 0 Å². The van der Waals surface area contributed by atoms with E-state index in [1.165, 1.54) is 13.0 Å². The number of nitrogens with zero attached hydrogens (tertiary/aromatic N) is 1. The van der Waals surface area contributed by atoms with Crippen LogP contribution in [0.4, 0.5) is 0 Å². The van der Waals surface area contributed by atoms with Gasteiger partial charge in [0.05, 0.1) is 13.2 Å². The van der Waals surface area contributed by atoms with Gasteiger partial charge in [0.15, 0.2) is 0 Å². The van der Waals surface area contributed by atoms with Gasteiger partial charge in [0.2, 0.25) is 0 Å². The minimum Gasteiger partial charge on any atom is -0.379 e. The largest absolute Gasteiger partial charge is 0.379 e. The molecule has 0 radical (unpaired) electrons. The second-order valence-electron chi connectivity index (χ2n) is 4.08. The van der Waals surface area contributed by atoms with E-state index in [0.29, 0.717) is 6.04 Å². The van der Waals surface area contributed by atoms with Gasteiger partial charge in [-0.1, -0.05) is 0 Å². The van der Waals surface area contributed by atoms with Gasteiger partial charge in [0, 0.05) is 18.6 Å². The lowest BCUT2D eigenvalue weighted by Gasteiger charge is -2.27. The smallest absolute Gasteiger partial charge is 0.0622 e. The van der Waals surface area contributed by atoms with Crippen molar-refractivity contribution in [3.05, 3.63) is 0 Å². The molecule has 2 aliphatic heterocycles. The Hall–Kier alpha value is -0.0800. The Kier molecular flexibility index (Phi) is 1.90. The van der Waals surface area contributed by atoms with Crippen molar-refractivity contribution in [2.24, 2.45) is 5.92 Å². The molecule has 2 nitrogen and oxygen atoms in total. The Balaban J connectivity index is 2.03. The molecule has 0 aliphatic carbocycles. The van der Waals surface area contributed by atoms with Gasteiger partial charge in [0.25, 0.3) is 0 Å². The standard InChI is InChI=1S/C9H17NO/c1-7(2)10-4-8-3-9(10)6-11-5-8/h7-9H,3-6H2,1-2H3/t8-,9-/m0/s1. The lowest BCUT2D eigenvalue weighted by Crippen LogP contribution is -2.37. The lowest BCUT2D eigenvalue weighted by atomic mass is 10.1. The van der Waals surface area contributed by atoms with E-state index in [4.69, 9.17) is 4.74 Å². The highest BCUT2D eigenvalue weighted by Crippen LogP contribution is 2.29. The van der Waals surface area contributed by atoms with Crippen LogP contribution >= 0.6 is 0 Å². The zero-order valence-corrected chi connectivity index (χ0v) is 7.42. The number of hydrogen-bond acceptors (Lipinski definition) is 2. The minimum absolute atomic E-state index is 0.701. The molecule has 0 aromatic carbocycles. The van der Waals surface area contributed by atoms with E-state index >= 15 is 0 Å². The van der Waals surface area contributed by atoms with Crippen LogP contribution in [0.1, 0.15) is 20.3 Å². The van der Waals surface area contributed by atoms with Crippen molar-refractivity contribution in [1.82, 2.24) is 4.90 Å². The first-order valence-corrected chi connectivity index (χ1v) is 4.61. The number of ether oxygens (including phenoxy) is 1. The molecule has 11 heavy (non-hydrogen) atoms. The first kappa shape index (κ1) is 7.56. The van der Waals surface area contributed by atoms with Crippen LogP contribution in [-0.4, -0.2) is 36.7 Å². The normalized spacial score (nSPS) is 38.5. The average molecular weight is 155 g/mol. The topological polar surface area (TPSA) is 12.5 Å². The van der Waals surface area contributed by atoms with Crippen molar-refractivity contribution in [2.45, 2.75) is 32.4 Å². The molecule has 0 amide bonds. The van der Waals surface area contributed by atoms with E-state index in [2.05, 4.69) is 18.7 Å². The summed E-state index contributed by atoms with van der Waals surface area (Å²) < 4.78 is 5.50. The highest BCUT2D eigenvalue weighted by molar-refractivity contribution is 4.89. The fourth-order valence-corrected chi connectivity index (χ4v) is 2.33. The van der Waals surface area contributed by atoms with E-state index in [0.717, 1.165) is 25.2 Å². The van der Waals surface area contributed by atoms with Gasteiger partial charge < -0.3 is 4.74 Å². The van der Waals surface area contributed by atoms with Crippen LogP contribution in [0.25, 0.3) is 0 Å². The summed E-state index contributed by atoms with van der Waals surface area (Å²) in [7, 11) is 0. The first-order chi connectivity index (χ1) is 5.27. The van der Waals surface area contributed by atoms with Crippen LogP contribution in [-0.2, 0) is 4.74 Å². The van der Waals surface area contributed by atoms with Crippen molar-refractivity contribution >= 4 is 0 Å². The summed E-state index contributed by atoms with van der Waals surface area (Å²) in [5, 5.41) is 0. The zero-order chi connectivity index (χ0) is 7.84. The molecule has 2 aliphatic rings. The van der Waals surface area contributed by atoms with Gasteiger partial charge in [-0.3, -0.25) is 4.90 Å². The third-order valence-corrected chi connectivity index (χ3v) is 2.87. The predicted octanol–water partition coefficient (Wildman–Crippen LogP) is 1.12. The van der Waals surface area contributed by atoms with Crippen LogP contribution in [0.3, 0.4) is 0 Å². The Morgan fingerprint density at radius 1 is 1.36 bits per heavy atom. The predicted molar refractivity (Wildman–Crippen MR) is 44.6 cm³/mol. The molecule has 2 saturated heterocycles. The van der Waals surface area contributed by atoms with Crippen LogP contribution in [0, 0.1) is 5.92 Å². The van der Waals surface area contributed by atoms with Crippen LogP contribution in [0.5, 0.6) is 0 Å². The fraction of sp³-hybridized carbons (Fsp3) is 1.00. The average Bonchev–Trinajstić information content (AvgIpc) is 2.27. The highest BCUT2D eigenvalue weighted by atomic mass is 16.5. The lowest BCUT2D eigenvalue weighted by molar-refractivity contribution is 0.0484. The second-order valence-corrected chi connectivity index (χ2v) is 4.08.